The first kappa shape index (κ1) is 31.9. The Labute approximate surface area is 226 Å². The number of rotatable bonds is 22. The number of unbranched alkanes of at least 4 members (excludes halogenated alkanes) is 10. The van der Waals surface area contributed by atoms with Gasteiger partial charge in [0.1, 0.15) is 6.10 Å². The van der Waals surface area contributed by atoms with E-state index in [9.17, 15) is 13.0 Å². The lowest BCUT2D eigenvalue weighted by Crippen LogP contribution is -2.29. The minimum absolute atomic E-state index is 0.115. The lowest BCUT2D eigenvalue weighted by Gasteiger charge is -2.23. The summed E-state index contributed by atoms with van der Waals surface area (Å²) in [4.78, 5) is 4.63. The lowest BCUT2D eigenvalue weighted by atomic mass is 9.94. The molecule has 0 amide bonds. The second kappa shape index (κ2) is 18.9. The van der Waals surface area contributed by atoms with Crippen LogP contribution in [0.25, 0.3) is 0 Å². The van der Waals surface area contributed by atoms with Gasteiger partial charge in [-0.1, -0.05) is 115 Å². The molecule has 2 unspecified atom stereocenters. The molecule has 0 spiro atoms. The Morgan fingerprint density at radius 1 is 0.865 bits per heavy atom. The average molecular weight is 538 g/mol. The number of hydrogen-bond acceptors (Lipinski definition) is 5. The number of hydrogen-bond donors (Lipinski definition) is 1. The van der Waals surface area contributed by atoms with Gasteiger partial charge in [-0.15, -0.1) is 0 Å². The molecule has 7 heteroatoms. The predicted octanol–water partition coefficient (Wildman–Crippen LogP) is 7.74. The summed E-state index contributed by atoms with van der Waals surface area (Å²) in [5.74, 6) is 0.469. The zero-order valence-electron chi connectivity index (χ0n) is 23.3. The standard InChI is InChI=1S/C30H51NO5S/c1-3-5-7-9-10-11-12-14-18-26(17-13-8-6-4-2)24-35-25-28(36-37(32,33)34)23-30-29-20-16-15-19-27(29)21-22-31-30/h15-16,19-20,26,28H,3-14,17-18,21-25H2,1-2H3,(H,32,33,34). The minimum Gasteiger partial charge on any atom is -0.378 e. The van der Waals surface area contributed by atoms with E-state index in [1.807, 2.05) is 18.2 Å². The van der Waals surface area contributed by atoms with Gasteiger partial charge in [0, 0.05) is 25.3 Å². The van der Waals surface area contributed by atoms with Crippen molar-refractivity contribution >= 4 is 16.1 Å². The van der Waals surface area contributed by atoms with Crippen LogP contribution in [-0.2, 0) is 25.7 Å². The topological polar surface area (TPSA) is 85.2 Å². The summed E-state index contributed by atoms with van der Waals surface area (Å²) < 4.78 is 43.6. The van der Waals surface area contributed by atoms with Crippen molar-refractivity contribution in [1.82, 2.24) is 0 Å². The first-order valence-electron chi connectivity index (χ1n) is 14.8. The largest absolute Gasteiger partial charge is 0.397 e. The fraction of sp³-hybridized carbons (Fsp3) is 0.767. The van der Waals surface area contributed by atoms with Crippen LogP contribution in [0.2, 0.25) is 0 Å². The maximum Gasteiger partial charge on any atom is 0.397 e. The molecule has 1 aromatic carbocycles. The third-order valence-corrected chi connectivity index (χ3v) is 7.80. The molecule has 1 heterocycles. The van der Waals surface area contributed by atoms with Crippen LogP contribution in [0.1, 0.15) is 121 Å². The molecule has 2 rings (SSSR count). The van der Waals surface area contributed by atoms with Crippen LogP contribution in [0.15, 0.2) is 29.3 Å². The highest BCUT2D eigenvalue weighted by Gasteiger charge is 2.24. The minimum atomic E-state index is -4.59. The number of ether oxygens (including phenoxy) is 1. The second-order valence-electron chi connectivity index (χ2n) is 10.6. The van der Waals surface area contributed by atoms with E-state index in [0.29, 0.717) is 19.1 Å². The molecule has 1 aliphatic heterocycles. The molecule has 1 N–H and O–H groups in total. The van der Waals surface area contributed by atoms with Crippen molar-refractivity contribution in [2.75, 3.05) is 19.8 Å². The molecule has 0 saturated heterocycles. The lowest BCUT2D eigenvalue weighted by molar-refractivity contribution is 0.0294. The predicted molar refractivity (Wildman–Crippen MR) is 153 cm³/mol. The van der Waals surface area contributed by atoms with Crippen LogP contribution in [0.5, 0.6) is 0 Å². The van der Waals surface area contributed by atoms with Crippen LogP contribution in [-0.4, -0.2) is 44.5 Å². The van der Waals surface area contributed by atoms with Crippen molar-refractivity contribution in [3.05, 3.63) is 35.4 Å². The van der Waals surface area contributed by atoms with E-state index < -0.39 is 16.5 Å². The molecule has 0 bridgehead atoms. The summed E-state index contributed by atoms with van der Waals surface area (Å²) in [6.07, 6.45) is 18.0. The molecule has 1 aromatic rings. The van der Waals surface area contributed by atoms with Crippen molar-refractivity contribution in [2.45, 2.75) is 123 Å². The van der Waals surface area contributed by atoms with Crippen LogP contribution in [0.3, 0.4) is 0 Å². The van der Waals surface area contributed by atoms with E-state index in [0.717, 1.165) is 30.5 Å². The van der Waals surface area contributed by atoms with Crippen molar-refractivity contribution in [2.24, 2.45) is 10.9 Å². The quantitative estimate of drug-likeness (QED) is 0.121. The number of benzene rings is 1. The van der Waals surface area contributed by atoms with Gasteiger partial charge in [-0.25, -0.2) is 4.18 Å². The normalized spacial score (nSPS) is 15.3. The Balaban J connectivity index is 1.85. The van der Waals surface area contributed by atoms with Gasteiger partial charge in [0.15, 0.2) is 0 Å². The van der Waals surface area contributed by atoms with Crippen LogP contribution >= 0.6 is 0 Å². The molecule has 37 heavy (non-hydrogen) atoms. The number of fused-ring (bicyclic) bond motifs is 1. The van der Waals surface area contributed by atoms with Gasteiger partial charge in [0.05, 0.1) is 6.61 Å². The van der Waals surface area contributed by atoms with E-state index in [1.54, 1.807) is 0 Å². The average Bonchev–Trinajstić information content (AvgIpc) is 2.87. The monoisotopic (exact) mass is 537 g/mol. The molecule has 1 aliphatic rings. The van der Waals surface area contributed by atoms with Crippen LogP contribution in [0, 0.1) is 5.92 Å². The van der Waals surface area contributed by atoms with Gasteiger partial charge in [-0.2, -0.15) is 8.42 Å². The summed E-state index contributed by atoms with van der Waals surface area (Å²) in [7, 11) is -4.59. The molecule has 0 aromatic heterocycles. The Bertz CT molecular complexity index is 870. The fourth-order valence-electron chi connectivity index (χ4n) is 5.20. The van der Waals surface area contributed by atoms with Crippen molar-refractivity contribution in [1.29, 1.82) is 0 Å². The van der Waals surface area contributed by atoms with E-state index in [-0.39, 0.29) is 13.0 Å². The zero-order chi connectivity index (χ0) is 26.8. The summed E-state index contributed by atoms with van der Waals surface area (Å²) >= 11 is 0. The maximum absolute atomic E-state index is 11.6. The van der Waals surface area contributed by atoms with Gasteiger partial charge in [0.25, 0.3) is 0 Å². The Morgan fingerprint density at radius 3 is 2.11 bits per heavy atom. The van der Waals surface area contributed by atoms with Crippen molar-refractivity contribution in [3.63, 3.8) is 0 Å². The first-order chi connectivity index (χ1) is 17.9. The number of aliphatic imine (C=N–C) groups is 1. The third-order valence-electron chi connectivity index (χ3n) is 7.28. The highest BCUT2D eigenvalue weighted by molar-refractivity contribution is 7.80. The maximum atomic E-state index is 11.6. The third kappa shape index (κ3) is 14.4. The van der Waals surface area contributed by atoms with E-state index in [2.05, 4.69) is 24.9 Å². The van der Waals surface area contributed by atoms with E-state index in [4.69, 9.17) is 8.92 Å². The second-order valence-corrected chi connectivity index (χ2v) is 11.6. The fourth-order valence-corrected chi connectivity index (χ4v) is 5.67. The Kier molecular flexibility index (Phi) is 16.3. The van der Waals surface area contributed by atoms with E-state index in [1.165, 1.54) is 82.6 Å². The number of nitrogens with zero attached hydrogens (tertiary/aromatic N) is 1. The zero-order valence-corrected chi connectivity index (χ0v) is 24.2. The van der Waals surface area contributed by atoms with Crippen LogP contribution < -0.4 is 0 Å². The highest BCUT2D eigenvalue weighted by Crippen LogP contribution is 2.22. The summed E-state index contributed by atoms with van der Waals surface area (Å²) in [5, 5.41) is 0. The summed E-state index contributed by atoms with van der Waals surface area (Å²) in [6, 6.07) is 8.05. The molecule has 0 aliphatic carbocycles. The smallest absolute Gasteiger partial charge is 0.378 e. The molecular weight excluding hydrogens is 486 g/mol. The van der Waals surface area contributed by atoms with Crippen LogP contribution in [0.4, 0.5) is 0 Å². The SMILES string of the molecule is CCCCCCCCCCC(CCCCCC)COCC(CC1=NCCc2ccccc21)OS(=O)(=O)O. The highest BCUT2D eigenvalue weighted by atomic mass is 32.3. The van der Waals surface area contributed by atoms with Gasteiger partial charge in [-0.3, -0.25) is 9.55 Å². The van der Waals surface area contributed by atoms with Gasteiger partial charge in [0.2, 0.25) is 0 Å². The summed E-state index contributed by atoms with van der Waals surface area (Å²) in [6.45, 7) is 5.86. The molecule has 6 nitrogen and oxygen atoms in total. The van der Waals surface area contributed by atoms with Gasteiger partial charge < -0.3 is 4.74 Å². The van der Waals surface area contributed by atoms with Crippen molar-refractivity contribution < 1.29 is 21.9 Å². The molecule has 0 radical (unpaired) electrons. The molecule has 0 saturated carbocycles. The first-order valence-corrected chi connectivity index (χ1v) is 16.1. The molecular formula is C30H51NO5S. The molecule has 2 atom stereocenters. The Morgan fingerprint density at radius 2 is 1.46 bits per heavy atom. The Hall–Kier alpha value is -1.28. The van der Waals surface area contributed by atoms with Gasteiger partial charge in [-0.05, 0) is 36.3 Å². The van der Waals surface area contributed by atoms with E-state index >= 15 is 0 Å². The summed E-state index contributed by atoms with van der Waals surface area (Å²) in [5.41, 5.74) is 3.05. The van der Waals surface area contributed by atoms with Gasteiger partial charge >= 0.3 is 10.4 Å². The van der Waals surface area contributed by atoms with Crippen molar-refractivity contribution in [3.8, 4) is 0 Å². The molecule has 0 fully saturated rings. The molecule has 212 valence electrons.